The lowest BCUT2D eigenvalue weighted by atomic mass is 10.1. The van der Waals surface area contributed by atoms with Crippen molar-refractivity contribution in [3.63, 3.8) is 0 Å². The van der Waals surface area contributed by atoms with E-state index in [-0.39, 0.29) is 36.3 Å². The number of halogens is 1. The molecule has 0 aromatic heterocycles. The van der Waals surface area contributed by atoms with E-state index in [1.807, 2.05) is 25.1 Å². The molecule has 0 atom stereocenters. The lowest BCUT2D eigenvalue weighted by Crippen LogP contribution is -2.40. The Bertz CT molecular complexity index is 535. The minimum Gasteiger partial charge on any atom is -0.357 e. The molecule has 0 aliphatic heterocycles. The fourth-order valence-electron chi connectivity index (χ4n) is 1.77. The third-order valence-corrected chi connectivity index (χ3v) is 3.53. The van der Waals surface area contributed by atoms with E-state index < -0.39 is 10.0 Å². The highest BCUT2D eigenvalue weighted by Crippen LogP contribution is 2.02. The average Bonchev–Trinajstić information content (AvgIpc) is 2.43. The Balaban J connectivity index is 0.00000441. The average molecular weight is 440 g/mol. The highest BCUT2D eigenvalue weighted by atomic mass is 127. The van der Waals surface area contributed by atoms with Crippen LogP contribution in [-0.4, -0.2) is 39.8 Å². The van der Waals surface area contributed by atoms with Crippen LogP contribution in [0.5, 0.6) is 0 Å². The van der Waals surface area contributed by atoms with E-state index in [1.54, 1.807) is 0 Å². The number of hydrogen-bond donors (Lipinski definition) is 3. The summed E-state index contributed by atoms with van der Waals surface area (Å²) in [6, 6.07) is 10.2. The molecule has 1 aromatic carbocycles. The molecule has 8 heteroatoms. The number of aryl methyl sites for hydroxylation is 1. The van der Waals surface area contributed by atoms with Crippen molar-refractivity contribution in [3.05, 3.63) is 35.9 Å². The number of nitrogens with zero attached hydrogens (tertiary/aromatic N) is 1. The Labute approximate surface area is 150 Å². The predicted octanol–water partition coefficient (Wildman–Crippen LogP) is 1.08. The molecular formula is C14H25IN4O2S. The van der Waals surface area contributed by atoms with Crippen LogP contribution in [0, 0.1) is 0 Å². The lowest BCUT2D eigenvalue weighted by Gasteiger charge is -2.10. The van der Waals surface area contributed by atoms with Crippen molar-refractivity contribution in [1.82, 2.24) is 10.6 Å². The molecule has 0 bridgehead atoms. The van der Waals surface area contributed by atoms with Gasteiger partial charge in [-0.2, -0.15) is 0 Å². The van der Waals surface area contributed by atoms with Crippen LogP contribution in [0.1, 0.15) is 18.9 Å². The highest BCUT2D eigenvalue weighted by molar-refractivity contribution is 14.0. The zero-order valence-corrected chi connectivity index (χ0v) is 15.9. The van der Waals surface area contributed by atoms with Crippen molar-refractivity contribution in [1.29, 1.82) is 0 Å². The molecule has 0 fully saturated rings. The number of benzene rings is 1. The minimum absolute atomic E-state index is 0. The van der Waals surface area contributed by atoms with Gasteiger partial charge in [-0.3, -0.25) is 4.99 Å². The molecule has 6 nitrogen and oxygen atoms in total. The third kappa shape index (κ3) is 10.8. The molecule has 0 unspecified atom stereocenters. The van der Waals surface area contributed by atoms with Crippen molar-refractivity contribution in [2.45, 2.75) is 19.8 Å². The molecular weight excluding hydrogens is 415 g/mol. The summed E-state index contributed by atoms with van der Waals surface area (Å²) in [4.78, 5) is 4.41. The van der Waals surface area contributed by atoms with Crippen molar-refractivity contribution in [2.24, 2.45) is 10.1 Å². The number of rotatable bonds is 8. The Morgan fingerprint density at radius 1 is 1.23 bits per heavy atom. The van der Waals surface area contributed by atoms with Gasteiger partial charge in [-0.05, 0) is 25.3 Å². The molecule has 0 heterocycles. The quantitative estimate of drug-likeness (QED) is 0.244. The van der Waals surface area contributed by atoms with Gasteiger partial charge in [-0.1, -0.05) is 30.3 Å². The van der Waals surface area contributed by atoms with Crippen molar-refractivity contribution >= 4 is 40.0 Å². The number of aliphatic imine (C=N–C) groups is 1. The number of nitrogens with one attached hydrogen (secondary N) is 2. The summed E-state index contributed by atoms with van der Waals surface area (Å²) in [5.74, 6) is 0.510. The molecule has 0 aliphatic rings. The zero-order chi connectivity index (χ0) is 15.6. The molecule has 0 aliphatic carbocycles. The van der Waals surface area contributed by atoms with Crippen LogP contribution in [0.3, 0.4) is 0 Å². The summed E-state index contributed by atoms with van der Waals surface area (Å²) in [7, 11) is -3.44. The number of guanidine groups is 1. The summed E-state index contributed by atoms with van der Waals surface area (Å²) in [6.07, 6.45) is 1.91. The van der Waals surface area contributed by atoms with Crippen molar-refractivity contribution < 1.29 is 8.42 Å². The van der Waals surface area contributed by atoms with Crippen LogP contribution in [0.2, 0.25) is 0 Å². The second-order valence-electron chi connectivity index (χ2n) is 4.64. The first-order valence-corrected chi connectivity index (χ1v) is 8.79. The largest absolute Gasteiger partial charge is 0.357 e. The van der Waals surface area contributed by atoms with Gasteiger partial charge in [-0.25, -0.2) is 13.6 Å². The molecule has 0 saturated heterocycles. The second-order valence-corrected chi connectivity index (χ2v) is 6.38. The summed E-state index contributed by atoms with van der Waals surface area (Å²) in [5, 5.41) is 11.0. The van der Waals surface area contributed by atoms with Crippen molar-refractivity contribution in [2.75, 3.05) is 25.4 Å². The van der Waals surface area contributed by atoms with Gasteiger partial charge < -0.3 is 10.6 Å². The Kier molecular flexibility index (Phi) is 11.2. The fraction of sp³-hybridized carbons (Fsp3) is 0.500. The molecule has 22 heavy (non-hydrogen) atoms. The van der Waals surface area contributed by atoms with Gasteiger partial charge >= 0.3 is 0 Å². The number of primary sulfonamides is 1. The van der Waals surface area contributed by atoms with Crippen LogP contribution < -0.4 is 15.8 Å². The van der Waals surface area contributed by atoms with Crippen LogP contribution in [-0.2, 0) is 16.4 Å². The number of sulfonamides is 1. The van der Waals surface area contributed by atoms with Gasteiger partial charge in [0.1, 0.15) is 0 Å². The van der Waals surface area contributed by atoms with Gasteiger partial charge in [0.25, 0.3) is 0 Å². The number of hydrogen-bond acceptors (Lipinski definition) is 3. The fourth-order valence-corrected chi connectivity index (χ4v) is 2.16. The van der Waals surface area contributed by atoms with E-state index in [1.165, 1.54) is 5.56 Å². The van der Waals surface area contributed by atoms with E-state index in [2.05, 4.69) is 27.8 Å². The zero-order valence-electron chi connectivity index (χ0n) is 12.8. The highest BCUT2D eigenvalue weighted by Gasteiger charge is 2.03. The second kappa shape index (κ2) is 11.7. The maximum Gasteiger partial charge on any atom is 0.210 e. The van der Waals surface area contributed by atoms with Gasteiger partial charge in [0.05, 0.1) is 5.75 Å². The summed E-state index contributed by atoms with van der Waals surface area (Å²) >= 11 is 0. The van der Waals surface area contributed by atoms with Gasteiger partial charge in [0.15, 0.2) is 5.96 Å². The lowest BCUT2D eigenvalue weighted by molar-refractivity contribution is 0.596. The molecule has 1 aromatic rings. The summed E-state index contributed by atoms with van der Waals surface area (Å²) in [6.45, 7) is 3.61. The van der Waals surface area contributed by atoms with E-state index >= 15 is 0 Å². The third-order valence-electron chi connectivity index (χ3n) is 2.76. The monoisotopic (exact) mass is 440 g/mol. The normalized spacial score (nSPS) is 11.6. The Morgan fingerprint density at radius 2 is 1.91 bits per heavy atom. The molecule has 4 N–H and O–H groups in total. The van der Waals surface area contributed by atoms with E-state index in [9.17, 15) is 8.42 Å². The summed E-state index contributed by atoms with van der Waals surface area (Å²) < 4.78 is 21.7. The molecule has 0 spiro atoms. The molecule has 126 valence electrons. The molecule has 0 saturated carbocycles. The maximum absolute atomic E-state index is 10.9. The first-order chi connectivity index (χ1) is 10.0. The van der Waals surface area contributed by atoms with Crippen LogP contribution >= 0.6 is 24.0 Å². The first-order valence-electron chi connectivity index (χ1n) is 7.08. The topological polar surface area (TPSA) is 96.6 Å². The van der Waals surface area contributed by atoms with Crippen LogP contribution in [0.15, 0.2) is 35.3 Å². The minimum atomic E-state index is -3.44. The van der Waals surface area contributed by atoms with Crippen molar-refractivity contribution in [3.8, 4) is 0 Å². The maximum atomic E-state index is 10.9. The predicted molar refractivity (Wildman–Crippen MR) is 102 cm³/mol. The molecule has 0 amide bonds. The SMILES string of the molecule is CCNC(=NCCCc1ccccc1)NCCS(N)(=O)=O.I. The molecule has 0 radical (unpaired) electrons. The molecule has 1 rings (SSSR count). The standard InChI is InChI=1S/C14H24N4O2S.HI/c1-2-16-14(18-11-12-21(15,19)20)17-10-6-9-13-7-4-3-5-8-13;/h3-5,7-8H,2,6,9-12H2,1H3,(H2,15,19,20)(H2,16,17,18);1H. The number of nitrogens with two attached hydrogens (primary N) is 1. The first kappa shape index (κ1) is 21.1. The Hall–Kier alpha value is -0.870. The van der Waals surface area contributed by atoms with E-state index in [0.717, 1.165) is 19.4 Å². The van der Waals surface area contributed by atoms with Crippen LogP contribution in [0.25, 0.3) is 0 Å². The van der Waals surface area contributed by atoms with Gasteiger partial charge in [0, 0.05) is 19.6 Å². The van der Waals surface area contributed by atoms with E-state index in [4.69, 9.17) is 5.14 Å². The van der Waals surface area contributed by atoms with Crippen LogP contribution in [0.4, 0.5) is 0 Å². The summed E-state index contributed by atoms with van der Waals surface area (Å²) in [5.41, 5.74) is 1.29. The van der Waals surface area contributed by atoms with Gasteiger partial charge in [0.2, 0.25) is 10.0 Å². The van der Waals surface area contributed by atoms with E-state index in [0.29, 0.717) is 12.5 Å². The Morgan fingerprint density at radius 3 is 2.50 bits per heavy atom. The smallest absolute Gasteiger partial charge is 0.210 e. The van der Waals surface area contributed by atoms with Gasteiger partial charge in [-0.15, -0.1) is 24.0 Å².